The Kier molecular flexibility index (Phi) is 6.02. The molecule has 0 aromatic heterocycles. The lowest BCUT2D eigenvalue weighted by molar-refractivity contribution is -0.202. The molecule has 1 fully saturated rings. The van der Waals surface area contributed by atoms with E-state index in [0.29, 0.717) is 6.54 Å². The van der Waals surface area contributed by atoms with Crippen molar-refractivity contribution < 1.29 is 22.7 Å². The molecule has 0 aromatic carbocycles. The summed E-state index contributed by atoms with van der Waals surface area (Å²) in [4.78, 5) is 13.0. The van der Waals surface area contributed by atoms with Crippen LogP contribution in [-0.2, 0) is 9.53 Å². The number of morpholine rings is 1. The first-order chi connectivity index (χ1) is 8.91. The summed E-state index contributed by atoms with van der Waals surface area (Å²) in [6, 6.07) is -2.61. The number of carbonyl (C=O) groups is 1. The highest BCUT2D eigenvalue weighted by molar-refractivity contribution is 5.82. The van der Waals surface area contributed by atoms with E-state index >= 15 is 0 Å². The van der Waals surface area contributed by atoms with Crippen molar-refractivity contribution in [3.63, 3.8) is 0 Å². The molecule has 2 unspecified atom stereocenters. The number of nitrogens with one attached hydrogen (secondary N) is 1. The molecule has 0 aliphatic carbocycles. The van der Waals surface area contributed by atoms with Crippen molar-refractivity contribution in [2.45, 2.75) is 31.6 Å². The third kappa shape index (κ3) is 4.32. The topological polar surface area (TPSA) is 67.6 Å². The van der Waals surface area contributed by atoms with E-state index in [1.807, 2.05) is 0 Å². The second-order valence-electron chi connectivity index (χ2n) is 4.36. The molecule has 5 nitrogen and oxygen atoms in total. The van der Waals surface area contributed by atoms with Gasteiger partial charge >= 0.3 is 6.18 Å². The molecule has 1 aliphatic rings. The van der Waals surface area contributed by atoms with Gasteiger partial charge in [0.15, 0.2) is 0 Å². The van der Waals surface area contributed by atoms with E-state index in [2.05, 4.69) is 5.32 Å². The number of hydrogen-bond donors (Lipinski definition) is 2. The third-order valence-corrected chi connectivity index (χ3v) is 3.04. The molecule has 0 bridgehead atoms. The normalized spacial score (nSPS) is 23.1. The Bertz CT molecular complexity index is 299. The highest BCUT2D eigenvalue weighted by Crippen LogP contribution is 2.29. The number of rotatable bonds is 5. The fourth-order valence-electron chi connectivity index (χ4n) is 2.18. The van der Waals surface area contributed by atoms with Crippen LogP contribution < -0.4 is 11.1 Å². The molecule has 1 amide bonds. The van der Waals surface area contributed by atoms with Crippen molar-refractivity contribution in [3.05, 3.63) is 0 Å². The average molecular weight is 283 g/mol. The Morgan fingerprint density at radius 1 is 1.58 bits per heavy atom. The zero-order chi connectivity index (χ0) is 14.5. The largest absolute Gasteiger partial charge is 0.404 e. The van der Waals surface area contributed by atoms with Gasteiger partial charge in [0.25, 0.3) is 0 Å². The summed E-state index contributed by atoms with van der Waals surface area (Å²) >= 11 is 0. The van der Waals surface area contributed by atoms with Crippen molar-refractivity contribution in [1.82, 2.24) is 10.2 Å². The van der Waals surface area contributed by atoms with E-state index in [0.717, 1.165) is 4.90 Å². The Balaban J connectivity index is 2.86. The van der Waals surface area contributed by atoms with Crippen LogP contribution >= 0.6 is 0 Å². The van der Waals surface area contributed by atoms with Crippen LogP contribution in [-0.4, -0.2) is 61.9 Å². The Labute approximate surface area is 110 Å². The van der Waals surface area contributed by atoms with Crippen LogP contribution in [0.5, 0.6) is 0 Å². The number of hydrogen-bond acceptors (Lipinski definition) is 4. The minimum atomic E-state index is -4.40. The monoisotopic (exact) mass is 283 g/mol. The number of halogens is 3. The maximum atomic E-state index is 13.0. The first-order valence-corrected chi connectivity index (χ1v) is 6.29. The maximum absolute atomic E-state index is 13.0. The quantitative estimate of drug-likeness (QED) is 0.751. The minimum Gasteiger partial charge on any atom is -0.378 e. The van der Waals surface area contributed by atoms with Gasteiger partial charge < -0.3 is 15.8 Å². The molecule has 1 rings (SSSR count). The number of likely N-dealkylation sites (N-methyl/N-ethyl adjacent to an activating group) is 1. The molecule has 0 saturated carbocycles. The lowest BCUT2D eigenvalue weighted by atomic mass is 10.1. The molecule has 8 heteroatoms. The average Bonchev–Trinajstić information content (AvgIpc) is 2.35. The van der Waals surface area contributed by atoms with Crippen LogP contribution in [0.2, 0.25) is 0 Å². The van der Waals surface area contributed by atoms with Crippen molar-refractivity contribution in [1.29, 1.82) is 0 Å². The van der Waals surface area contributed by atoms with Gasteiger partial charge in [-0.15, -0.1) is 0 Å². The van der Waals surface area contributed by atoms with Crippen LogP contribution in [0, 0.1) is 0 Å². The van der Waals surface area contributed by atoms with Gasteiger partial charge in [0.1, 0.15) is 12.1 Å². The number of carbonyl (C=O) groups excluding carboxylic acids is 1. The van der Waals surface area contributed by atoms with Crippen LogP contribution in [0.15, 0.2) is 0 Å². The molecule has 19 heavy (non-hydrogen) atoms. The standard InChI is InChI=1S/C11H20F3N3O2/c1-2-16-10(18)8-7-19-6-5-17(8)9(3-4-15)11(12,13)14/h8-9H,2-7,15H2,1H3,(H,16,18). The number of alkyl halides is 3. The number of ether oxygens (including phenoxy) is 1. The van der Waals surface area contributed by atoms with Crippen molar-refractivity contribution in [3.8, 4) is 0 Å². The predicted octanol–water partition coefficient (Wildman–Crippen LogP) is 0.103. The van der Waals surface area contributed by atoms with Gasteiger partial charge in [-0.3, -0.25) is 9.69 Å². The van der Waals surface area contributed by atoms with Crippen molar-refractivity contribution in [2.24, 2.45) is 5.73 Å². The van der Waals surface area contributed by atoms with Crippen LogP contribution in [0.1, 0.15) is 13.3 Å². The molecule has 0 aromatic rings. The Morgan fingerprint density at radius 3 is 2.79 bits per heavy atom. The SMILES string of the molecule is CCNC(=O)C1COCCN1C(CCN)C(F)(F)F. The highest BCUT2D eigenvalue weighted by Gasteiger charge is 2.47. The van der Waals surface area contributed by atoms with E-state index in [-0.39, 0.29) is 32.7 Å². The smallest absolute Gasteiger partial charge is 0.378 e. The van der Waals surface area contributed by atoms with E-state index in [4.69, 9.17) is 10.5 Å². The second-order valence-corrected chi connectivity index (χ2v) is 4.36. The second kappa shape index (κ2) is 7.06. The number of nitrogens with two attached hydrogens (primary N) is 1. The van der Waals surface area contributed by atoms with Crippen LogP contribution in [0.4, 0.5) is 13.2 Å². The van der Waals surface area contributed by atoms with Gasteiger partial charge in [0, 0.05) is 13.1 Å². The summed E-state index contributed by atoms with van der Waals surface area (Å²) in [5.41, 5.74) is 5.25. The molecular weight excluding hydrogens is 263 g/mol. The summed E-state index contributed by atoms with van der Waals surface area (Å²) in [5, 5.41) is 2.53. The zero-order valence-corrected chi connectivity index (χ0v) is 10.9. The molecule has 2 atom stereocenters. The third-order valence-electron chi connectivity index (χ3n) is 3.04. The molecule has 1 heterocycles. The lowest BCUT2D eigenvalue weighted by Crippen LogP contribution is -2.61. The summed E-state index contributed by atoms with van der Waals surface area (Å²) in [5.74, 6) is -0.437. The van der Waals surface area contributed by atoms with Gasteiger partial charge in [0.05, 0.1) is 13.2 Å². The van der Waals surface area contributed by atoms with E-state index in [1.165, 1.54) is 0 Å². The van der Waals surface area contributed by atoms with E-state index in [1.54, 1.807) is 6.92 Å². The molecule has 1 aliphatic heterocycles. The van der Waals surface area contributed by atoms with E-state index in [9.17, 15) is 18.0 Å². The fraction of sp³-hybridized carbons (Fsp3) is 0.909. The molecule has 0 radical (unpaired) electrons. The fourth-order valence-corrected chi connectivity index (χ4v) is 2.18. The lowest BCUT2D eigenvalue weighted by Gasteiger charge is -2.40. The van der Waals surface area contributed by atoms with Gasteiger partial charge in [0.2, 0.25) is 5.91 Å². The Morgan fingerprint density at radius 2 is 2.26 bits per heavy atom. The number of amides is 1. The van der Waals surface area contributed by atoms with Crippen molar-refractivity contribution >= 4 is 5.91 Å². The molecule has 0 spiro atoms. The van der Waals surface area contributed by atoms with Crippen molar-refractivity contribution in [2.75, 3.05) is 32.8 Å². The molecule has 3 N–H and O–H groups in total. The summed E-state index contributed by atoms with van der Waals surface area (Å²) < 4.78 is 44.3. The van der Waals surface area contributed by atoms with Gasteiger partial charge in [-0.2, -0.15) is 13.2 Å². The van der Waals surface area contributed by atoms with Crippen LogP contribution in [0.3, 0.4) is 0 Å². The summed E-state index contributed by atoms with van der Waals surface area (Å²) in [7, 11) is 0. The maximum Gasteiger partial charge on any atom is 0.404 e. The van der Waals surface area contributed by atoms with E-state index < -0.39 is 24.2 Å². The molecule has 112 valence electrons. The highest BCUT2D eigenvalue weighted by atomic mass is 19.4. The predicted molar refractivity (Wildman–Crippen MR) is 63.5 cm³/mol. The van der Waals surface area contributed by atoms with Gasteiger partial charge in [-0.05, 0) is 19.9 Å². The number of nitrogens with zero attached hydrogens (tertiary/aromatic N) is 1. The molecular formula is C11H20F3N3O2. The minimum absolute atomic E-state index is 0.0248. The molecule has 1 saturated heterocycles. The Hall–Kier alpha value is -0.860. The van der Waals surface area contributed by atoms with Gasteiger partial charge in [-0.1, -0.05) is 0 Å². The van der Waals surface area contributed by atoms with Gasteiger partial charge in [-0.25, -0.2) is 0 Å². The first-order valence-electron chi connectivity index (χ1n) is 6.29. The van der Waals surface area contributed by atoms with Crippen LogP contribution in [0.25, 0.3) is 0 Å². The zero-order valence-electron chi connectivity index (χ0n) is 10.9. The summed E-state index contributed by atoms with van der Waals surface area (Å²) in [6.07, 6.45) is -4.62. The summed E-state index contributed by atoms with van der Waals surface area (Å²) in [6.45, 7) is 2.25. The first kappa shape index (κ1) is 16.2.